The van der Waals surface area contributed by atoms with Crippen LogP contribution in [-0.2, 0) is 10.1 Å². The second-order valence-electron chi connectivity index (χ2n) is 4.12. The molecule has 0 atom stereocenters. The van der Waals surface area contributed by atoms with Gasteiger partial charge in [-0.05, 0) is 11.1 Å². The van der Waals surface area contributed by atoms with Crippen molar-refractivity contribution in [3.63, 3.8) is 0 Å². The Labute approximate surface area is 123 Å². The first-order chi connectivity index (χ1) is 10.1. The van der Waals surface area contributed by atoms with Gasteiger partial charge in [0.2, 0.25) is 0 Å². The van der Waals surface area contributed by atoms with Crippen molar-refractivity contribution in [3.05, 3.63) is 73.2 Å². The molecule has 0 spiro atoms. The molecule has 3 rings (SSSR count). The van der Waals surface area contributed by atoms with E-state index in [1.165, 1.54) is 17.5 Å². The number of nitrogens with zero attached hydrogens (tertiary/aromatic N) is 1. The molecule has 1 heterocycles. The van der Waals surface area contributed by atoms with Crippen LogP contribution in [-0.4, -0.2) is 22.9 Å². The van der Waals surface area contributed by atoms with Crippen LogP contribution in [0.25, 0.3) is 11.1 Å². The van der Waals surface area contributed by atoms with Crippen LogP contribution >= 0.6 is 0 Å². The molecule has 108 valence electrons. The fourth-order valence-electron chi connectivity index (χ4n) is 1.65. The molecule has 0 saturated carbocycles. The summed E-state index contributed by atoms with van der Waals surface area (Å²) in [5.41, 5.74) is 2.55. The van der Waals surface area contributed by atoms with E-state index >= 15 is 0 Å². The lowest BCUT2D eigenvalue weighted by atomic mass is 10.1. The maximum Gasteiger partial charge on any atom is 0.311 e. The summed E-state index contributed by atoms with van der Waals surface area (Å²) in [5.74, 6) is 0. The Hall–Kier alpha value is -2.44. The normalized spacial score (nSPS) is 10.5. The molecule has 2 aromatic carbocycles. The van der Waals surface area contributed by atoms with Gasteiger partial charge < -0.3 is 4.98 Å². The minimum absolute atomic E-state index is 0.289. The van der Waals surface area contributed by atoms with E-state index in [2.05, 4.69) is 58.5 Å². The van der Waals surface area contributed by atoms with Crippen molar-refractivity contribution < 1.29 is 13.0 Å². The first kappa shape index (κ1) is 15.0. The number of rotatable bonds is 2. The van der Waals surface area contributed by atoms with Crippen LogP contribution in [0, 0.1) is 0 Å². The highest BCUT2D eigenvalue weighted by molar-refractivity contribution is 7.85. The monoisotopic (exact) mass is 302 g/mol. The van der Waals surface area contributed by atoms with Crippen molar-refractivity contribution in [1.82, 2.24) is 9.97 Å². The molecule has 2 N–H and O–H groups in total. The summed E-state index contributed by atoms with van der Waals surface area (Å²) in [6.45, 7) is 0. The molecule has 0 aliphatic heterocycles. The predicted octanol–water partition coefficient (Wildman–Crippen LogP) is 3.01. The SMILES string of the molecule is O=S(=O)(O)c1cnc[nH]1.c1ccc(-c2ccccc2)cc1. The number of imidazole rings is 1. The van der Waals surface area contributed by atoms with Crippen molar-refractivity contribution in [3.8, 4) is 11.1 Å². The van der Waals surface area contributed by atoms with E-state index in [9.17, 15) is 8.42 Å². The number of benzene rings is 2. The summed E-state index contributed by atoms with van der Waals surface area (Å²) in [6.07, 6.45) is 2.19. The zero-order valence-electron chi connectivity index (χ0n) is 11.0. The molecule has 0 fully saturated rings. The second-order valence-corrected chi connectivity index (χ2v) is 5.51. The highest BCUT2D eigenvalue weighted by atomic mass is 32.2. The largest absolute Gasteiger partial charge is 0.334 e. The number of H-pyrrole nitrogens is 1. The third kappa shape index (κ3) is 4.55. The molecular formula is C15H14N2O3S. The number of aromatic nitrogens is 2. The lowest BCUT2D eigenvalue weighted by Crippen LogP contribution is -1.96. The van der Waals surface area contributed by atoms with E-state index in [1.807, 2.05) is 12.1 Å². The van der Waals surface area contributed by atoms with E-state index in [1.54, 1.807) is 0 Å². The van der Waals surface area contributed by atoms with Crippen LogP contribution < -0.4 is 0 Å². The quantitative estimate of drug-likeness (QED) is 0.713. The predicted molar refractivity (Wildman–Crippen MR) is 80.3 cm³/mol. The van der Waals surface area contributed by atoms with Gasteiger partial charge in [-0.3, -0.25) is 4.55 Å². The summed E-state index contributed by atoms with van der Waals surface area (Å²) in [4.78, 5) is 5.62. The van der Waals surface area contributed by atoms with Crippen LogP contribution in [0.2, 0.25) is 0 Å². The summed E-state index contributed by atoms with van der Waals surface area (Å²) < 4.78 is 28.6. The molecule has 0 aliphatic carbocycles. The highest BCUT2D eigenvalue weighted by Gasteiger charge is 2.08. The third-order valence-electron chi connectivity index (χ3n) is 2.63. The van der Waals surface area contributed by atoms with Gasteiger partial charge in [-0.25, -0.2) is 4.98 Å². The van der Waals surface area contributed by atoms with Gasteiger partial charge in [0.25, 0.3) is 0 Å². The van der Waals surface area contributed by atoms with Crippen LogP contribution in [0.1, 0.15) is 0 Å². The van der Waals surface area contributed by atoms with E-state index in [0.29, 0.717) is 0 Å². The fraction of sp³-hybridized carbons (Fsp3) is 0. The number of nitrogens with one attached hydrogen (secondary N) is 1. The fourth-order valence-corrected chi connectivity index (χ4v) is 2.04. The van der Waals surface area contributed by atoms with Crippen molar-refractivity contribution in [2.24, 2.45) is 0 Å². The molecule has 0 amide bonds. The van der Waals surface area contributed by atoms with Gasteiger partial charge in [0.15, 0.2) is 5.03 Å². The van der Waals surface area contributed by atoms with Crippen molar-refractivity contribution in [1.29, 1.82) is 0 Å². The Morgan fingerprint density at radius 1 is 0.857 bits per heavy atom. The van der Waals surface area contributed by atoms with Crippen LogP contribution in [0.4, 0.5) is 0 Å². The smallest absolute Gasteiger partial charge is 0.311 e. The maximum atomic E-state index is 10.2. The average molecular weight is 302 g/mol. The molecule has 6 heteroatoms. The van der Waals surface area contributed by atoms with E-state index in [4.69, 9.17) is 4.55 Å². The molecule has 0 bridgehead atoms. The first-order valence-corrected chi connectivity index (χ1v) is 7.58. The maximum absolute atomic E-state index is 10.2. The van der Waals surface area contributed by atoms with Crippen molar-refractivity contribution in [2.75, 3.05) is 0 Å². The Bertz CT molecular complexity index is 718. The first-order valence-electron chi connectivity index (χ1n) is 6.14. The van der Waals surface area contributed by atoms with Gasteiger partial charge in [0.1, 0.15) is 0 Å². The number of aromatic amines is 1. The van der Waals surface area contributed by atoms with Crippen molar-refractivity contribution in [2.45, 2.75) is 5.03 Å². The second kappa shape index (κ2) is 6.83. The lowest BCUT2D eigenvalue weighted by molar-refractivity contribution is 0.480. The van der Waals surface area contributed by atoms with Gasteiger partial charge >= 0.3 is 10.1 Å². The molecule has 5 nitrogen and oxygen atoms in total. The molecule has 21 heavy (non-hydrogen) atoms. The molecule has 0 unspecified atom stereocenters. The molecular weight excluding hydrogens is 288 g/mol. The van der Waals surface area contributed by atoms with Gasteiger partial charge in [-0.2, -0.15) is 8.42 Å². The minimum atomic E-state index is -4.08. The van der Waals surface area contributed by atoms with Crippen molar-refractivity contribution >= 4 is 10.1 Å². The molecule has 0 aliphatic rings. The Kier molecular flexibility index (Phi) is 4.86. The zero-order valence-corrected chi connectivity index (χ0v) is 11.9. The van der Waals surface area contributed by atoms with Crippen LogP contribution in [0.3, 0.4) is 0 Å². The zero-order chi connectivity index (χ0) is 15.1. The summed E-state index contributed by atoms with van der Waals surface area (Å²) in [5, 5.41) is -0.289. The van der Waals surface area contributed by atoms with Gasteiger partial charge in [0, 0.05) is 0 Å². The average Bonchev–Trinajstić information content (AvgIpc) is 3.04. The Balaban J connectivity index is 0.000000161. The molecule has 0 saturated heterocycles. The number of hydrogen-bond donors (Lipinski definition) is 2. The van der Waals surface area contributed by atoms with Gasteiger partial charge in [-0.15, -0.1) is 0 Å². The van der Waals surface area contributed by atoms with Crippen LogP contribution in [0.5, 0.6) is 0 Å². The van der Waals surface area contributed by atoms with Gasteiger partial charge in [-0.1, -0.05) is 60.7 Å². The summed E-state index contributed by atoms with van der Waals surface area (Å²) in [7, 11) is -4.08. The summed E-state index contributed by atoms with van der Waals surface area (Å²) >= 11 is 0. The van der Waals surface area contributed by atoms with E-state index in [-0.39, 0.29) is 5.03 Å². The minimum Gasteiger partial charge on any atom is -0.334 e. The van der Waals surface area contributed by atoms with E-state index in [0.717, 1.165) is 6.20 Å². The molecule has 3 aromatic rings. The van der Waals surface area contributed by atoms with Gasteiger partial charge in [0.05, 0.1) is 12.5 Å². The van der Waals surface area contributed by atoms with Crippen LogP contribution in [0.15, 0.2) is 78.2 Å². The third-order valence-corrected chi connectivity index (χ3v) is 3.41. The highest BCUT2D eigenvalue weighted by Crippen LogP contribution is 2.17. The Morgan fingerprint density at radius 3 is 1.62 bits per heavy atom. The molecule has 1 aromatic heterocycles. The topological polar surface area (TPSA) is 83.1 Å². The van der Waals surface area contributed by atoms with E-state index < -0.39 is 10.1 Å². The lowest BCUT2D eigenvalue weighted by Gasteiger charge is -1.98. The summed E-state index contributed by atoms with van der Waals surface area (Å²) in [6, 6.07) is 20.8. The number of hydrogen-bond acceptors (Lipinski definition) is 3. The Morgan fingerprint density at radius 2 is 1.33 bits per heavy atom. The molecule has 0 radical (unpaired) electrons. The standard InChI is InChI=1S/C12H10.C3H4N2O3S/c1-3-7-11(8-4-1)12-9-5-2-6-10-12;6-9(7,8)3-1-4-2-5-3/h1-10H;1-2H,(H,4,5)(H,6,7,8).